The summed E-state index contributed by atoms with van der Waals surface area (Å²) >= 11 is 0. The lowest BCUT2D eigenvalue weighted by molar-refractivity contribution is -0.137. The van der Waals surface area contributed by atoms with Crippen LogP contribution in [0.5, 0.6) is 0 Å². The molecule has 1 aromatic heterocycles. The zero-order chi connectivity index (χ0) is 15.5. The first-order valence-electron chi connectivity index (χ1n) is 6.93. The Morgan fingerprint density at radius 1 is 1.05 bits per heavy atom. The Bertz CT molecular complexity index is 885. The van der Waals surface area contributed by atoms with Crippen molar-refractivity contribution in [2.45, 2.75) is 13.0 Å². The van der Waals surface area contributed by atoms with Gasteiger partial charge in [0.1, 0.15) is 5.82 Å². The average Bonchev–Trinajstić information content (AvgIpc) is 2.54. The topological polar surface area (TPSA) is 72.2 Å². The second-order valence-electron chi connectivity index (χ2n) is 4.92. The van der Waals surface area contributed by atoms with E-state index < -0.39 is 5.97 Å². The Morgan fingerprint density at radius 3 is 2.45 bits per heavy atom. The van der Waals surface area contributed by atoms with Crippen LogP contribution in [-0.4, -0.2) is 20.6 Å². The minimum absolute atomic E-state index is 0.0935. The molecule has 1 heterocycles. The highest BCUT2D eigenvalue weighted by Gasteiger charge is 2.13. The first-order chi connectivity index (χ1) is 10.7. The molecule has 0 aliphatic rings. The number of para-hydroxylation sites is 1. The van der Waals surface area contributed by atoms with Crippen LogP contribution in [0.3, 0.4) is 0 Å². The maximum absolute atomic E-state index is 12.7. The van der Waals surface area contributed by atoms with Crippen LogP contribution in [0.2, 0.25) is 0 Å². The summed E-state index contributed by atoms with van der Waals surface area (Å²) in [4.78, 5) is 28.1. The smallest absolute Gasteiger partial charge is 0.305 e. The van der Waals surface area contributed by atoms with Gasteiger partial charge in [0.05, 0.1) is 17.3 Å². The van der Waals surface area contributed by atoms with Crippen molar-refractivity contribution in [2.24, 2.45) is 0 Å². The number of fused-ring (bicyclic) bond motifs is 1. The fraction of sp³-hybridized carbons (Fsp3) is 0.118. The van der Waals surface area contributed by atoms with Crippen molar-refractivity contribution < 1.29 is 9.90 Å². The van der Waals surface area contributed by atoms with Gasteiger partial charge in [0.25, 0.3) is 5.56 Å². The van der Waals surface area contributed by atoms with Gasteiger partial charge in [-0.25, -0.2) is 4.98 Å². The van der Waals surface area contributed by atoms with Crippen LogP contribution >= 0.6 is 0 Å². The van der Waals surface area contributed by atoms with Gasteiger partial charge in [0, 0.05) is 12.1 Å². The van der Waals surface area contributed by atoms with E-state index in [2.05, 4.69) is 4.98 Å². The SMILES string of the molecule is O=C(O)CCn1c(-c2ccccc2)nc2ccccc2c1=O. The van der Waals surface area contributed by atoms with Gasteiger partial charge in [0.2, 0.25) is 0 Å². The molecule has 0 atom stereocenters. The second-order valence-corrected chi connectivity index (χ2v) is 4.92. The number of carboxylic acids is 1. The zero-order valence-corrected chi connectivity index (χ0v) is 11.8. The first-order valence-corrected chi connectivity index (χ1v) is 6.93. The molecule has 3 aromatic rings. The molecule has 2 aromatic carbocycles. The lowest BCUT2D eigenvalue weighted by atomic mass is 10.1. The van der Waals surface area contributed by atoms with Gasteiger partial charge in [-0.3, -0.25) is 14.2 Å². The fourth-order valence-corrected chi connectivity index (χ4v) is 2.39. The molecular formula is C17H14N2O3. The highest BCUT2D eigenvalue weighted by atomic mass is 16.4. The van der Waals surface area contributed by atoms with Gasteiger partial charge in [-0.1, -0.05) is 42.5 Å². The minimum Gasteiger partial charge on any atom is -0.481 e. The normalized spacial score (nSPS) is 10.7. The van der Waals surface area contributed by atoms with E-state index >= 15 is 0 Å². The fourth-order valence-electron chi connectivity index (χ4n) is 2.39. The summed E-state index contributed by atoms with van der Waals surface area (Å²) in [6, 6.07) is 16.4. The van der Waals surface area contributed by atoms with Gasteiger partial charge in [-0.05, 0) is 12.1 Å². The Kier molecular flexibility index (Phi) is 3.70. The van der Waals surface area contributed by atoms with Crippen LogP contribution in [0.1, 0.15) is 6.42 Å². The standard InChI is InChI=1S/C17H14N2O3/c20-15(21)10-11-19-16(12-6-2-1-3-7-12)18-14-9-5-4-8-13(14)17(19)22/h1-9H,10-11H2,(H,20,21). The van der Waals surface area contributed by atoms with Crippen molar-refractivity contribution in [3.63, 3.8) is 0 Å². The predicted octanol–water partition coefficient (Wildman–Crippen LogP) is 2.54. The van der Waals surface area contributed by atoms with E-state index in [4.69, 9.17) is 5.11 Å². The predicted molar refractivity (Wildman–Crippen MR) is 83.7 cm³/mol. The van der Waals surface area contributed by atoms with Gasteiger partial charge < -0.3 is 5.11 Å². The van der Waals surface area contributed by atoms with Crippen molar-refractivity contribution in [3.05, 3.63) is 65.0 Å². The lowest BCUT2D eigenvalue weighted by Crippen LogP contribution is -2.24. The molecule has 0 saturated carbocycles. The number of carbonyl (C=O) groups is 1. The number of benzene rings is 2. The van der Waals surface area contributed by atoms with Crippen LogP contribution in [0.4, 0.5) is 0 Å². The van der Waals surface area contributed by atoms with E-state index in [9.17, 15) is 9.59 Å². The van der Waals surface area contributed by atoms with E-state index in [1.807, 2.05) is 36.4 Å². The summed E-state index contributed by atoms with van der Waals surface area (Å²) in [5, 5.41) is 9.40. The molecule has 0 amide bonds. The minimum atomic E-state index is -0.945. The number of hydrogen-bond acceptors (Lipinski definition) is 3. The molecule has 1 N–H and O–H groups in total. The van der Waals surface area contributed by atoms with E-state index in [-0.39, 0.29) is 18.5 Å². The molecule has 22 heavy (non-hydrogen) atoms. The molecule has 0 aliphatic carbocycles. The maximum atomic E-state index is 12.7. The molecule has 0 spiro atoms. The largest absolute Gasteiger partial charge is 0.481 e. The third-order valence-electron chi connectivity index (χ3n) is 3.44. The van der Waals surface area contributed by atoms with E-state index in [0.717, 1.165) is 5.56 Å². The van der Waals surface area contributed by atoms with Crippen molar-refractivity contribution in [3.8, 4) is 11.4 Å². The molecule has 0 fully saturated rings. The highest BCUT2D eigenvalue weighted by Crippen LogP contribution is 2.18. The van der Waals surface area contributed by atoms with Gasteiger partial charge >= 0.3 is 5.97 Å². The number of carboxylic acid groups (broad SMARTS) is 1. The molecule has 5 heteroatoms. The Hall–Kier alpha value is -2.95. The van der Waals surface area contributed by atoms with Crippen LogP contribution in [0.15, 0.2) is 59.4 Å². The molecule has 3 rings (SSSR count). The summed E-state index contributed by atoms with van der Waals surface area (Å²) in [5.74, 6) is -0.454. The third-order valence-corrected chi connectivity index (χ3v) is 3.44. The van der Waals surface area contributed by atoms with Crippen molar-refractivity contribution in [2.75, 3.05) is 0 Å². The molecule has 5 nitrogen and oxygen atoms in total. The third kappa shape index (κ3) is 2.61. The Labute approximate surface area is 126 Å². The van der Waals surface area contributed by atoms with Crippen molar-refractivity contribution in [1.82, 2.24) is 9.55 Å². The average molecular weight is 294 g/mol. The zero-order valence-electron chi connectivity index (χ0n) is 11.8. The number of aromatic nitrogens is 2. The van der Waals surface area contributed by atoms with Gasteiger partial charge in [0.15, 0.2) is 0 Å². The van der Waals surface area contributed by atoms with Crippen LogP contribution in [-0.2, 0) is 11.3 Å². The van der Waals surface area contributed by atoms with Crippen LogP contribution in [0.25, 0.3) is 22.3 Å². The van der Waals surface area contributed by atoms with Gasteiger partial charge in [-0.15, -0.1) is 0 Å². The summed E-state index contributed by atoms with van der Waals surface area (Å²) in [5.41, 5.74) is 1.18. The van der Waals surface area contributed by atoms with E-state index in [1.54, 1.807) is 18.2 Å². The Balaban J connectivity index is 2.26. The first kappa shape index (κ1) is 14.0. The lowest BCUT2D eigenvalue weighted by Gasteiger charge is -2.12. The summed E-state index contributed by atoms with van der Waals surface area (Å²) < 4.78 is 1.44. The van der Waals surface area contributed by atoms with E-state index in [1.165, 1.54) is 4.57 Å². The summed E-state index contributed by atoms with van der Waals surface area (Å²) in [7, 11) is 0. The molecule has 0 unspecified atom stereocenters. The molecule has 0 saturated heterocycles. The summed E-state index contributed by atoms with van der Waals surface area (Å²) in [6.07, 6.45) is -0.125. The summed E-state index contributed by atoms with van der Waals surface area (Å²) in [6.45, 7) is 0.0935. The van der Waals surface area contributed by atoms with Crippen LogP contribution in [0, 0.1) is 0 Å². The number of rotatable bonds is 4. The van der Waals surface area contributed by atoms with E-state index in [0.29, 0.717) is 16.7 Å². The highest BCUT2D eigenvalue weighted by molar-refractivity contribution is 5.79. The van der Waals surface area contributed by atoms with Crippen LogP contribution < -0.4 is 5.56 Å². The maximum Gasteiger partial charge on any atom is 0.305 e. The molecule has 110 valence electrons. The quantitative estimate of drug-likeness (QED) is 0.802. The Morgan fingerprint density at radius 2 is 1.73 bits per heavy atom. The molecular weight excluding hydrogens is 280 g/mol. The molecule has 0 aliphatic heterocycles. The number of nitrogens with zero attached hydrogens (tertiary/aromatic N) is 2. The van der Waals surface area contributed by atoms with Gasteiger partial charge in [-0.2, -0.15) is 0 Å². The number of hydrogen-bond donors (Lipinski definition) is 1. The molecule has 0 bridgehead atoms. The monoisotopic (exact) mass is 294 g/mol. The number of aliphatic carboxylic acids is 1. The van der Waals surface area contributed by atoms with Crippen molar-refractivity contribution >= 4 is 16.9 Å². The van der Waals surface area contributed by atoms with Crippen molar-refractivity contribution in [1.29, 1.82) is 0 Å². The second kappa shape index (κ2) is 5.81. The molecule has 0 radical (unpaired) electrons.